The van der Waals surface area contributed by atoms with Gasteiger partial charge in [-0.05, 0) is 12.1 Å². The molecule has 7 heteroatoms. The van der Waals surface area contributed by atoms with E-state index in [1.54, 1.807) is 24.4 Å². The summed E-state index contributed by atoms with van der Waals surface area (Å²) in [7, 11) is 0. The van der Waals surface area contributed by atoms with Crippen molar-refractivity contribution in [3.8, 4) is 0 Å². The van der Waals surface area contributed by atoms with Crippen molar-refractivity contribution in [2.24, 2.45) is 5.73 Å². The predicted octanol–water partition coefficient (Wildman–Crippen LogP) is 0.226. The van der Waals surface area contributed by atoms with Crippen molar-refractivity contribution in [3.63, 3.8) is 0 Å². The number of H-pyrrole nitrogens is 1. The smallest absolute Gasteiger partial charge is 0.326 e. The van der Waals surface area contributed by atoms with Crippen LogP contribution in [0.5, 0.6) is 0 Å². The number of para-hydroxylation sites is 1. The van der Waals surface area contributed by atoms with Crippen molar-refractivity contribution in [2.45, 2.75) is 12.5 Å². The number of primary amides is 1. The van der Waals surface area contributed by atoms with Gasteiger partial charge >= 0.3 is 5.97 Å². The molecule has 20 heavy (non-hydrogen) atoms. The molecule has 1 heterocycles. The Bertz CT molecular complexity index is 677. The van der Waals surface area contributed by atoms with E-state index in [-0.39, 0.29) is 0 Å². The van der Waals surface area contributed by atoms with Gasteiger partial charge in [-0.1, -0.05) is 12.1 Å². The number of aromatic amines is 1. The van der Waals surface area contributed by atoms with Crippen molar-refractivity contribution in [3.05, 3.63) is 36.0 Å². The van der Waals surface area contributed by atoms with Crippen LogP contribution in [0.2, 0.25) is 0 Å². The van der Waals surface area contributed by atoms with Crippen LogP contribution in [0.3, 0.4) is 0 Å². The maximum atomic E-state index is 12.1. The van der Waals surface area contributed by atoms with Crippen LogP contribution >= 0.6 is 0 Å². The first kappa shape index (κ1) is 13.6. The number of nitrogens with one attached hydrogen (secondary N) is 2. The quantitative estimate of drug-likeness (QED) is 0.623. The van der Waals surface area contributed by atoms with E-state index >= 15 is 0 Å². The summed E-state index contributed by atoms with van der Waals surface area (Å²) in [6.45, 7) is 0. The van der Waals surface area contributed by atoms with Gasteiger partial charge in [-0.15, -0.1) is 0 Å². The van der Waals surface area contributed by atoms with Gasteiger partial charge in [0.25, 0.3) is 5.91 Å². The molecule has 5 N–H and O–H groups in total. The van der Waals surface area contributed by atoms with Crippen molar-refractivity contribution >= 4 is 28.7 Å². The Morgan fingerprint density at radius 3 is 2.70 bits per heavy atom. The fourth-order valence-corrected chi connectivity index (χ4v) is 1.91. The van der Waals surface area contributed by atoms with Crippen molar-refractivity contribution in [1.29, 1.82) is 0 Å². The standard InChI is InChI=1S/C13H13N3O4/c14-10(17)6-9(13(19)20)16-12(18)8-3-1-2-7-4-5-15-11(7)8/h1-5,9,15H,6H2,(H2,14,17)(H,16,18)(H,19,20)/t9-/m1/s1. The van der Waals surface area contributed by atoms with E-state index in [1.807, 2.05) is 6.07 Å². The van der Waals surface area contributed by atoms with Gasteiger partial charge < -0.3 is 21.1 Å². The van der Waals surface area contributed by atoms with Crippen molar-refractivity contribution in [2.75, 3.05) is 0 Å². The Morgan fingerprint density at radius 2 is 2.05 bits per heavy atom. The van der Waals surface area contributed by atoms with Gasteiger partial charge in [0.05, 0.1) is 17.5 Å². The molecule has 0 saturated heterocycles. The number of carbonyl (C=O) groups excluding carboxylic acids is 2. The number of hydrogen-bond acceptors (Lipinski definition) is 3. The lowest BCUT2D eigenvalue weighted by Gasteiger charge is -2.13. The first-order valence-corrected chi connectivity index (χ1v) is 5.87. The third kappa shape index (κ3) is 2.77. The van der Waals surface area contributed by atoms with E-state index in [1.165, 1.54) is 0 Å². The number of nitrogens with two attached hydrogens (primary N) is 1. The van der Waals surface area contributed by atoms with Gasteiger partial charge in [0.15, 0.2) is 0 Å². The molecule has 0 spiro atoms. The van der Waals surface area contributed by atoms with E-state index < -0.39 is 30.2 Å². The second-order valence-electron chi connectivity index (χ2n) is 4.28. The van der Waals surface area contributed by atoms with Crippen LogP contribution in [-0.2, 0) is 9.59 Å². The lowest BCUT2D eigenvalue weighted by molar-refractivity contribution is -0.140. The highest BCUT2D eigenvalue weighted by Gasteiger charge is 2.23. The number of carboxylic acid groups (broad SMARTS) is 1. The zero-order valence-electron chi connectivity index (χ0n) is 10.4. The van der Waals surface area contributed by atoms with Crippen LogP contribution in [0.25, 0.3) is 10.9 Å². The number of benzene rings is 1. The molecular formula is C13H13N3O4. The molecule has 0 saturated carbocycles. The molecule has 0 aliphatic rings. The van der Waals surface area contributed by atoms with E-state index in [0.29, 0.717) is 11.1 Å². The molecule has 7 nitrogen and oxygen atoms in total. The van der Waals surface area contributed by atoms with Gasteiger partial charge in [-0.3, -0.25) is 9.59 Å². The lowest BCUT2D eigenvalue weighted by Crippen LogP contribution is -2.43. The summed E-state index contributed by atoms with van der Waals surface area (Å²) in [6, 6.07) is 5.53. The summed E-state index contributed by atoms with van der Waals surface area (Å²) in [6.07, 6.45) is 1.22. The highest BCUT2D eigenvalue weighted by atomic mass is 16.4. The highest BCUT2D eigenvalue weighted by molar-refractivity contribution is 6.06. The minimum Gasteiger partial charge on any atom is -0.480 e. The Balaban J connectivity index is 2.24. The average molecular weight is 275 g/mol. The zero-order valence-corrected chi connectivity index (χ0v) is 10.4. The minimum atomic E-state index is -1.34. The van der Waals surface area contributed by atoms with Crippen LogP contribution in [0, 0.1) is 0 Å². The van der Waals surface area contributed by atoms with Crippen LogP contribution < -0.4 is 11.1 Å². The van der Waals surface area contributed by atoms with E-state index in [0.717, 1.165) is 5.39 Å². The molecule has 1 atom stereocenters. The van der Waals surface area contributed by atoms with E-state index in [4.69, 9.17) is 10.8 Å². The van der Waals surface area contributed by atoms with Gasteiger partial charge in [0.2, 0.25) is 5.91 Å². The van der Waals surface area contributed by atoms with E-state index in [2.05, 4.69) is 10.3 Å². The summed E-state index contributed by atoms with van der Waals surface area (Å²) in [5, 5.41) is 12.1. The second-order valence-corrected chi connectivity index (χ2v) is 4.28. The fraction of sp³-hybridized carbons (Fsp3) is 0.154. The van der Waals surface area contributed by atoms with Gasteiger partial charge in [0.1, 0.15) is 6.04 Å². The first-order chi connectivity index (χ1) is 9.49. The summed E-state index contributed by atoms with van der Waals surface area (Å²) >= 11 is 0. The largest absolute Gasteiger partial charge is 0.480 e. The number of hydrogen-bond donors (Lipinski definition) is 4. The van der Waals surface area contributed by atoms with Crippen molar-refractivity contribution in [1.82, 2.24) is 10.3 Å². The van der Waals surface area contributed by atoms with Gasteiger partial charge in [0, 0.05) is 11.6 Å². The molecule has 2 amide bonds. The minimum absolute atomic E-state index is 0.309. The molecule has 2 rings (SSSR count). The third-order valence-corrected chi connectivity index (χ3v) is 2.84. The second kappa shape index (κ2) is 5.43. The number of fused-ring (bicyclic) bond motifs is 1. The summed E-state index contributed by atoms with van der Waals surface area (Å²) in [4.78, 5) is 36.8. The zero-order chi connectivity index (χ0) is 14.7. The Hall–Kier alpha value is -2.83. The van der Waals surface area contributed by atoms with E-state index in [9.17, 15) is 14.4 Å². The van der Waals surface area contributed by atoms with Crippen molar-refractivity contribution < 1.29 is 19.5 Å². The maximum Gasteiger partial charge on any atom is 0.326 e. The number of rotatable bonds is 5. The number of aromatic nitrogens is 1. The molecule has 0 radical (unpaired) electrons. The monoisotopic (exact) mass is 275 g/mol. The van der Waals surface area contributed by atoms with Gasteiger partial charge in [-0.2, -0.15) is 0 Å². The maximum absolute atomic E-state index is 12.1. The molecule has 0 bridgehead atoms. The van der Waals surface area contributed by atoms with Crippen LogP contribution in [0.4, 0.5) is 0 Å². The molecule has 0 unspecified atom stereocenters. The Kier molecular flexibility index (Phi) is 3.69. The third-order valence-electron chi connectivity index (χ3n) is 2.84. The molecule has 1 aromatic carbocycles. The number of carboxylic acids is 1. The Morgan fingerprint density at radius 1 is 1.30 bits per heavy atom. The summed E-state index contributed by atoms with van der Waals surface area (Å²) in [5.74, 6) is -2.68. The molecule has 2 aromatic rings. The van der Waals surface area contributed by atoms with Crippen LogP contribution in [0.1, 0.15) is 16.8 Å². The highest BCUT2D eigenvalue weighted by Crippen LogP contribution is 2.17. The molecule has 0 fully saturated rings. The SMILES string of the molecule is NC(=O)C[C@@H](NC(=O)c1cccc2cc[nH]c12)C(=O)O. The molecule has 0 aliphatic carbocycles. The normalized spacial score (nSPS) is 12.0. The molecule has 1 aromatic heterocycles. The number of carbonyl (C=O) groups is 3. The molecular weight excluding hydrogens is 262 g/mol. The van der Waals surface area contributed by atoms with Gasteiger partial charge in [-0.25, -0.2) is 4.79 Å². The lowest BCUT2D eigenvalue weighted by atomic mass is 10.1. The molecule has 0 aliphatic heterocycles. The summed E-state index contributed by atoms with van der Waals surface area (Å²) in [5.41, 5.74) is 5.87. The topological polar surface area (TPSA) is 125 Å². The average Bonchev–Trinajstić information content (AvgIpc) is 2.84. The number of aliphatic carboxylic acids is 1. The predicted molar refractivity (Wildman–Crippen MR) is 71.0 cm³/mol. The number of amides is 2. The van der Waals surface area contributed by atoms with Crippen LogP contribution in [-0.4, -0.2) is 33.9 Å². The summed E-state index contributed by atoms with van der Waals surface area (Å²) < 4.78 is 0. The van der Waals surface area contributed by atoms with Crippen LogP contribution in [0.15, 0.2) is 30.5 Å². The first-order valence-electron chi connectivity index (χ1n) is 5.87. The Labute approximate surface area is 113 Å². The fourth-order valence-electron chi connectivity index (χ4n) is 1.91. The molecule has 104 valence electrons.